The molecule has 0 atom stereocenters. The fourth-order valence-electron chi connectivity index (χ4n) is 2.66. The van der Waals surface area contributed by atoms with E-state index in [0.29, 0.717) is 12.6 Å². The maximum Gasteiger partial charge on any atom is 0.0815 e. The summed E-state index contributed by atoms with van der Waals surface area (Å²) in [5.74, 6) is 0. The van der Waals surface area contributed by atoms with E-state index in [9.17, 15) is 0 Å². The van der Waals surface area contributed by atoms with Gasteiger partial charge in [-0.2, -0.15) is 5.10 Å². The molecule has 0 spiro atoms. The third-order valence-electron chi connectivity index (χ3n) is 3.75. The molecule has 3 nitrogen and oxygen atoms in total. The Balaban J connectivity index is 1.64. The maximum absolute atomic E-state index is 6.01. The molecular formula is C15H17BrClN3. The first-order chi connectivity index (χ1) is 9.72. The second-order valence-corrected chi connectivity index (χ2v) is 6.49. The first kappa shape index (κ1) is 14.0. The van der Waals surface area contributed by atoms with E-state index in [-0.39, 0.29) is 0 Å². The van der Waals surface area contributed by atoms with Crippen molar-refractivity contribution in [3.05, 3.63) is 45.7 Å². The zero-order chi connectivity index (χ0) is 13.9. The van der Waals surface area contributed by atoms with Gasteiger partial charge in [-0.15, -0.1) is 0 Å². The molecule has 0 amide bonds. The molecule has 3 rings (SSSR count). The number of halogens is 2. The molecule has 1 aliphatic carbocycles. The van der Waals surface area contributed by atoms with Gasteiger partial charge in [-0.1, -0.05) is 24.4 Å². The Hall–Kier alpha value is -1.00. The Morgan fingerprint density at radius 1 is 1.30 bits per heavy atom. The summed E-state index contributed by atoms with van der Waals surface area (Å²) < 4.78 is 3.13. The molecule has 1 saturated carbocycles. The third-order valence-corrected chi connectivity index (χ3v) is 4.68. The lowest BCUT2D eigenvalue weighted by Gasteiger charge is -2.10. The predicted octanol–water partition coefficient (Wildman–Crippen LogP) is 5.03. The van der Waals surface area contributed by atoms with Crippen molar-refractivity contribution in [2.24, 2.45) is 0 Å². The Morgan fingerprint density at radius 2 is 2.10 bits per heavy atom. The predicted molar refractivity (Wildman–Crippen MR) is 86.2 cm³/mol. The summed E-state index contributed by atoms with van der Waals surface area (Å²) in [5, 5.41) is 8.76. The van der Waals surface area contributed by atoms with Crippen molar-refractivity contribution in [2.75, 3.05) is 5.32 Å². The molecule has 106 valence electrons. The van der Waals surface area contributed by atoms with Crippen molar-refractivity contribution in [2.45, 2.75) is 38.3 Å². The number of rotatable bonds is 4. The molecule has 0 radical (unpaired) electrons. The number of benzene rings is 1. The van der Waals surface area contributed by atoms with Crippen LogP contribution < -0.4 is 5.32 Å². The van der Waals surface area contributed by atoms with Crippen molar-refractivity contribution in [1.82, 2.24) is 9.78 Å². The number of aromatic nitrogens is 2. The minimum atomic E-state index is 0.599. The summed E-state index contributed by atoms with van der Waals surface area (Å²) in [7, 11) is 0. The van der Waals surface area contributed by atoms with E-state index in [0.717, 1.165) is 20.9 Å². The summed E-state index contributed by atoms with van der Waals surface area (Å²) in [6.07, 6.45) is 7.27. The van der Waals surface area contributed by atoms with Crippen LogP contribution in [0.4, 0.5) is 5.69 Å². The Morgan fingerprint density at radius 3 is 2.90 bits per heavy atom. The summed E-state index contributed by atoms with van der Waals surface area (Å²) in [6, 6.07) is 8.42. The fourth-order valence-corrected chi connectivity index (χ4v) is 3.22. The van der Waals surface area contributed by atoms with Gasteiger partial charge in [0.2, 0.25) is 0 Å². The van der Waals surface area contributed by atoms with Gasteiger partial charge in [-0.25, -0.2) is 0 Å². The van der Waals surface area contributed by atoms with E-state index in [1.807, 2.05) is 18.2 Å². The summed E-state index contributed by atoms with van der Waals surface area (Å²) in [4.78, 5) is 0. The van der Waals surface area contributed by atoms with E-state index in [1.54, 1.807) is 0 Å². The minimum absolute atomic E-state index is 0.599. The average molecular weight is 355 g/mol. The maximum atomic E-state index is 6.01. The van der Waals surface area contributed by atoms with Crippen molar-refractivity contribution in [1.29, 1.82) is 0 Å². The van der Waals surface area contributed by atoms with Crippen LogP contribution in [0.15, 0.2) is 34.9 Å². The van der Waals surface area contributed by atoms with Crippen LogP contribution in [0.25, 0.3) is 0 Å². The lowest BCUT2D eigenvalue weighted by molar-refractivity contribution is 0.463. The van der Waals surface area contributed by atoms with Gasteiger partial charge in [-0.3, -0.25) is 4.68 Å². The summed E-state index contributed by atoms with van der Waals surface area (Å²) in [5.41, 5.74) is 2.05. The van der Waals surface area contributed by atoms with E-state index < -0.39 is 0 Å². The number of nitrogens with zero attached hydrogens (tertiary/aromatic N) is 2. The highest BCUT2D eigenvalue weighted by atomic mass is 79.9. The largest absolute Gasteiger partial charge is 0.378 e. The monoisotopic (exact) mass is 353 g/mol. The summed E-state index contributed by atoms with van der Waals surface area (Å²) >= 11 is 9.52. The SMILES string of the molecule is Clc1ccc(Br)c(NCc2ccn(C3CCCC3)n2)c1. The highest BCUT2D eigenvalue weighted by Crippen LogP contribution is 2.29. The van der Waals surface area contributed by atoms with Crippen molar-refractivity contribution in [3.63, 3.8) is 0 Å². The Labute approximate surface area is 132 Å². The molecule has 0 aliphatic heterocycles. The zero-order valence-corrected chi connectivity index (χ0v) is 13.5. The molecule has 2 aromatic rings. The first-order valence-electron chi connectivity index (χ1n) is 6.95. The molecule has 1 N–H and O–H groups in total. The van der Waals surface area contributed by atoms with E-state index in [4.69, 9.17) is 11.6 Å². The van der Waals surface area contributed by atoms with Gasteiger partial charge in [0, 0.05) is 15.7 Å². The van der Waals surface area contributed by atoms with Crippen LogP contribution >= 0.6 is 27.5 Å². The van der Waals surface area contributed by atoms with Crippen LogP contribution in [0, 0.1) is 0 Å². The second-order valence-electron chi connectivity index (χ2n) is 5.20. The molecule has 20 heavy (non-hydrogen) atoms. The number of hydrogen-bond donors (Lipinski definition) is 1. The molecule has 1 aromatic heterocycles. The molecule has 0 bridgehead atoms. The lowest BCUT2D eigenvalue weighted by Crippen LogP contribution is -2.07. The molecule has 0 saturated heterocycles. The number of hydrogen-bond acceptors (Lipinski definition) is 2. The van der Waals surface area contributed by atoms with Crippen LogP contribution in [0.3, 0.4) is 0 Å². The summed E-state index contributed by atoms with van der Waals surface area (Å²) in [6.45, 7) is 0.707. The van der Waals surface area contributed by atoms with Gasteiger partial charge in [0.1, 0.15) is 0 Å². The first-order valence-corrected chi connectivity index (χ1v) is 8.12. The van der Waals surface area contributed by atoms with E-state index in [1.165, 1.54) is 25.7 Å². The molecule has 0 unspecified atom stereocenters. The van der Waals surface area contributed by atoms with Crippen LogP contribution in [0.1, 0.15) is 37.4 Å². The molecule has 1 aliphatic rings. The lowest BCUT2D eigenvalue weighted by atomic mass is 10.3. The molecule has 1 fully saturated rings. The van der Waals surface area contributed by atoms with Crippen molar-refractivity contribution in [3.8, 4) is 0 Å². The van der Waals surface area contributed by atoms with Gasteiger partial charge >= 0.3 is 0 Å². The molecule has 1 aromatic carbocycles. The van der Waals surface area contributed by atoms with Crippen LogP contribution in [0.5, 0.6) is 0 Å². The average Bonchev–Trinajstić information content (AvgIpc) is 3.09. The van der Waals surface area contributed by atoms with Crippen LogP contribution in [-0.2, 0) is 6.54 Å². The standard InChI is InChI=1S/C15H17BrClN3/c16-14-6-5-11(17)9-15(14)18-10-12-7-8-20(19-12)13-3-1-2-4-13/h5-9,13,18H,1-4,10H2. The highest BCUT2D eigenvalue weighted by molar-refractivity contribution is 9.10. The highest BCUT2D eigenvalue weighted by Gasteiger charge is 2.17. The van der Waals surface area contributed by atoms with E-state index in [2.05, 4.69) is 43.3 Å². The minimum Gasteiger partial charge on any atom is -0.378 e. The molecule has 5 heteroatoms. The van der Waals surface area contributed by atoms with Gasteiger partial charge in [0.15, 0.2) is 0 Å². The van der Waals surface area contributed by atoms with Gasteiger partial charge in [0.05, 0.1) is 24.0 Å². The Bertz CT molecular complexity index is 591. The zero-order valence-electron chi connectivity index (χ0n) is 11.1. The van der Waals surface area contributed by atoms with Gasteiger partial charge in [-0.05, 0) is 53.0 Å². The third kappa shape index (κ3) is 3.18. The second kappa shape index (κ2) is 6.19. The topological polar surface area (TPSA) is 29.9 Å². The molecular weight excluding hydrogens is 338 g/mol. The Kier molecular flexibility index (Phi) is 4.32. The number of anilines is 1. The van der Waals surface area contributed by atoms with Gasteiger partial charge in [0.25, 0.3) is 0 Å². The fraction of sp³-hybridized carbons (Fsp3) is 0.400. The number of nitrogens with one attached hydrogen (secondary N) is 1. The van der Waals surface area contributed by atoms with Crippen molar-refractivity contribution >= 4 is 33.2 Å². The van der Waals surface area contributed by atoms with Crippen LogP contribution in [-0.4, -0.2) is 9.78 Å². The van der Waals surface area contributed by atoms with Gasteiger partial charge < -0.3 is 5.32 Å². The normalized spacial score (nSPS) is 15.7. The van der Waals surface area contributed by atoms with Crippen LogP contribution in [0.2, 0.25) is 5.02 Å². The van der Waals surface area contributed by atoms with Crippen molar-refractivity contribution < 1.29 is 0 Å². The van der Waals surface area contributed by atoms with E-state index >= 15 is 0 Å². The molecule has 1 heterocycles. The quantitative estimate of drug-likeness (QED) is 0.835. The smallest absolute Gasteiger partial charge is 0.0815 e.